The van der Waals surface area contributed by atoms with E-state index in [4.69, 9.17) is 4.74 Å². The quantitative estimate of drug-likeness (QED) is 0.745. The van der Waals surface area contributed by atoms with E-state index in [1.54, 1.807) is 0 Å². The van der Waals surface area contributed by atoms with Gasteiger partial charge in [0.25, 0.3) is 5.91 Å². The first kappa shape index (κ1) is 21.7. The van der Waals surface area contributed by atoms with Gasteiger partial charge in [0.05, 0.1) is 18.2 Å². The summed E-state index contributed by atoms with van der Waals surface area (Å²) in [6.45, 7) is 9.70. The SMILES string of the molecule is CC(C)CCN1CCC([C@H]2CN(C(=O)c3ccccc3)CC3(CC3)O2)CC1.S. The van der Waals surface area contributed by atoms with Gasteiger partial charge in [0.1, 0.15) is 0 Å². The third-order valence-electron chi connectivity index (χ3n) is 6.58. The Kier molecular flexibility index (Phi) is 7.11. The summed E-state index contributed by atoms with van der Waals surface area (Å²) in [5.41, 5.74) is 0.764. The topological polar surface area (TPSA) is 32.8 Å². The van der Waals surface area contributed by atoms with Crippen LogP contribution in [-0.4, -0.2) is 60.1 Å². The Hall–Kier alpha value is -1.04. The molecular weight excluding hydrogens is 368 g/mol. The Morgan fingerprint density at radius 3 is 2.46 bits per heavy atom. The molecule has 2 heterocycles. The molecule has 1 aromatic rings. The van der Waals surface area contributed by atoms with Gasteiger partial charge in [0.15, 0.2) is 0 Å². The molecule has 1 saturated carbocycles. The molecule has 4 rings (SSSR count). The van der Waals surface area contributed by atoms with Crippen LogP contribution in [-0.2, 0) is 4.74 Å². The van der Waals surface area contributed by atoms with E-state index < -0.39 is 0 Å². The highest BCUT2D eigenvalue weighted by molar-refractivity contribution is 7.59. The van der Waals surface area contributed by atoms with Crippen LogP contribution in [0.2, 0.25) is 0 Å². The van der Waals surface area contributed by atoms with E-state index in [-0.39, 0.29) is 31.1 Å². The lowest BCUT2D eigenvalue weighted by Gasteiger charge is -2.44. The average Bonchev–Trinajstić information content (AvgIpc) is 3.44. The minimum absolute atomic E-state index is 0. The standard InChI is InChI=1S/C23H34N2O2.H2S/c1-18(2)8-13-24-14-9-19(10-15-24)21-16-25(17-23(27-21)11-12-23)22(26)20-6-4-3-5-7-20;/h3-7,18-19,21H,8-17H2,1-2H3;1H2/t21-;/m1./s1. The number of piperidine rings is 1. The van der Waals surface area contributed by atoms with Crippen LogP contribution in [0.4, 0.5) is 0 Å². The monoisotopic (exact) mass is 404 g/mol. The van der Waals surface area contributed by atoms with E-state index in [1.165, 1.54) is 38.9 Å². The lowest BCUT2D eigenvalue weighted by Crippen LogP contribution is -2.54. The summed E-state index contributed by atoms with van der Waals surface area (Å²) in [6.07, 6.45) is 6.11. The zero-order valence-corrected chi connectivity index (χ0v) is 18.4. The Labute approximate surface area is 177 Å². The Morgan fingerprint density at radius 1 is 1.18 bits per heavy atom. The number of amides is 1. The highest BCUT2D eigenvalue weighted by Crippen LogP contribution is 2.45. The van der Waals surface area contributed by atoms with E-state index in [0.29, 0.717) is 5.92 Å². The van der Waals surface area contributed by atoms with Gasteiger partial charge < -0.3 is 14.5 Å². The van der Waals surface area contributed by atoms with Crippen LogP contribution in [0.25, 0.3) is 0 Å². The van der Waals surface area contributed by atoms with E-state index >= 15 is 0 Å². The fraction of sp³-hybridized carbons (Fsp3) is 0.696. The van der Waals surface area contributed by atoms with Crippen LogP contribution in [0.1, 0.15) is 56.3 Å². The minimum atomic E-state index is -0.0395. The van der Waals surface area contributed by atoms with Crippen molar-refractivity contribution >= 4 is 19.4 Å². The van der Waals surface area contributed by atoms with Crippen molar-refractivity contribution in [3.8, 4) is 0 Å². The maximum absolute atomic E-state index is 13.0. The number of nitrogens with zero attached hydrogens (tertiary/aromatic N) is 2. The number of benzene rings is 1. The van der Waals surface area contributed by atoms with Crippen molar-refractivity contribution in [3.63, 3.8) is 0 Å². The van der Waals surface area contributed by atoms with E-state index in [9.17, 15) is 4.79 Å². The summed E-state index contributed by atoms with van der Waals surface area (Å²) < 4.78 is 6.56. The first-order valence-corrected chi connectivity index (χ1v) is 10.8. The maximum atomic E-state index is 13.0. The second kappa shape index (κ2) is 9.19. The van der Waals surface area contributed by atoms with Gasteiger partial charge in [-0.3, -0.25) is 4.79 Å². The van der Waals surface area contributed by atoms with Crippen LogP contribution in [0.3, 0.4) is 0 Å². The number of likely N-dealkylation sites (tertiary alicyclic amines) is 1. The van der Waals surface area contributed by atoms with Gasteiger partial charge in [-0.25, -0.2) is 0 Å². The van der Waals surface area contributed by atoms with Crippen molar-refractivity contribution in [3.05, 3.63) is 35.9 Å². The van der Waals surface area contributed by atoms with E-state index in [0.717, 1.165) is 37.4 Å². The average molecular weight is 405 g/mol. The second-order valence-corrected chi connectivity index (χ2v) is 9.25. The molecule has 1 amide bonds. The van der Waals surface area contributed by atoms with E-state index in [2.05, 4.69) is 23.6 Å². The van der Waals surface area contributed by atoms with Gasteiger partial charge in [-0.15, -0.1) is 0 Å². The smallest absolute Gasteiger partial charge is 0.254 e. The number of hydrogen-bond donors (Lipinski definition) is 0. The summed E-state index contributed by atoms with van der Waals surface area (Å²) in [5, 5.41) is 0. The first-order chi connectivity index (χ1) is 13.0. The molecule has 1 aliphatic carbocycles. The lowest BCUT2D eigenvalue weighted by molar-refractivity contribution is -0.121. The number of ether oxygens (including phenoxy) is 1. The van der Waals surface area contributed by atoms with Crippen molar-refractivity contribution in [2.24, 2.45) is 11.8 Å². The normalized spacial score (nSPS) is 25.0. The van der Waals surface area contributed by atoms with Crippen LogP contribution in [0.5, 0.6) is 0 Å². The Bertz CT molecular complexity index is 639. The molecule has 3 aliphatic rings. The van der Waals surface area contributed by atoms with Crippen LogP contribution in [0.15, 0.2) is 30.3 Å². The predicted octanol–water partition coefficient (Wildman–Crippen LogP) is 3.93. The summed E-state index contributed by atoms with van der Waals surface area (Å²) >= 11 is 0. The molecule has 1 spiro atoms. The molecule has 156 valence electrons. The van der Waals surface area contributed by atoms with Crippen LogP contribution in [0, 0.1) is 11.8 Å². The second-order valence-electron chi connectivity index (χ2n) is 9.25. The molecule has 1 aromatic carbocycles. The summed E-state index contributed by atoms with van der Waals surface area (Å²) in [4.78, 5) is 17.7. The molecule has 0 N–H and O–H groups in total. The number of carbonyl (C=O) groups is 1. The molecule has 1 atom stereocenters. The number of morpholine rings is 1. The molecule has 0 radical (unpaired) electrons. The molecule has 0 unspecified atom stereocenters. The van der Waals surface area contributed by atoms with Crippen LogP contribution >= 0.6 is 13.5 Å². The molecule has 4 nitrogen and oxygen atoms in total. The summed E-state index contributed by atoms with van der Waals surface area (Å²) in [5.74, 6) is 1.53. The molecule has 0 aromatic heterocycles. The molecule has 2 saturated heterocycles. The van der Waals surface area contributed by atoms with Crippen molar-refractivity contribution in [1.82, 2.24) is 9.80 Å². The Morgan fingerprint density at radius 2 is 1.86 bits per heavy atom. The molecule has 3 fully saturated rings. The maximum Gasteiger partial charge on any atom is 0.254 e. The fourth-order valence-electron chi connectivity index (χ4n) is 4.59. The Balaban J connectivity index is 0.00000225. The van der Waals surface area contributed by atoms with Crippen molar-refractivity contribution in [2.75, 3.05) is 32.7 Å². The molecule has 2 aliphatic heterocycles. The van der Waals surface area contributed by atoms with Gasteiger partial charge in [-0.1, -0.05) is 32.0 Å². The molecule has 28 heavy (non-hydrogen) atoms. The van der Waals surface area contributed by atoms with Gasteiger partial charge in [-0.2, -0.15) is 13.5 Å². The van der Waals surface area contributed by atoms with Crippen LogP contribution < -0.4 is 0 Å². The summed E-state index contributed by atoms with van der Waals surface area (Å²) in [6, 6.07) is 9.73. The minimum Gasteiger partial charge on any atom is -0.368 e. The fourth-order valence-corrected chi connectivity index (χ4v) is 4.59. The van der Waals surface area contributed by atoms with Gasteiger partial charge >= 0.3 is 0 Å². The highest BCUT2D eigenvalue weighted by atomic mass is 32.1. The summed E-state index contributed by atoms with van der Waals surface area (Å²) in [7, 11) is 0. The first-order valence-electron chi connectivity index (χ1n) is 10.8. The third kappa shape index (κ3) is 5.11. The van der Waals surface area contributed by atoms with E-state index in [1.807, 2.05) is 30.3 Å². The predicted molar refractivity (Wildman–Crippen MR) is 118 cm³/mol. The van der Waals surface area contributed by atoms with Crippen molar-refractivity contribution in [1.29, 1.82) is 0 Å². The van der Waals surface area contributed by atoms with Gasteiger partial charge in [-0.05, 0) is 75.7 Å². The molecular formula is C23H36N2O2S. The number of carbonyl (C=O) groups excluding carboxylic acids is 1. The number of rotatable bonds is 5. The lowest BCUT2D eigenvalue weighted by atomic mass is 9.89. The largest absolute Gasteiger partial charge is 0.368 e. The number of hydrogen-bond acceptors (Lipinski definition) is 3. The van der Waals surface area contributed by atoms with Crippen molar-refractivity contribution in [2.45, 2.75) is 57.7 Å². The zero-order valence-electron chi connectivity index (χ0n) is 17.4. The third-order valence-corrected chi connectivity index (χ3v) is 6.58. The van der Waals surface area contributed by atoms with Crippen molar-refractivity contribution < 1.29 is 9.53 Å². The molecule has 5 heteroatoms. The highest BCUT2D eigenvalue weighted by Gasteiger charge is 2.52. The van der Waals surface area contributed by atoms with Gasteiger partial charge in [0.2, 0.25) is 0 Å². The zero-order chi connectivity index (χ0) is 18.9. The van der Waals surface area contributed by atoms with Gasteiger partial charge in [0, 0.05) is 12.1 Å². The molecule has 0 bridgehead atoms.